The number of urea groups is 2. The summed E-state index contributed by atoms with van der Waals surface area (Å²) in [6.45, 7) is 10.2. The number of amides is 9. The second-order valence-electron chi connectivity index (χ2n) is 18.0. The molecule has 9 amide bonds. The van der Waals surface area contributed by atoms with Crippen LogP contribution >= 0.6 is 0 Å². The number of hydrogen-bond donors (Lipinski definition) is 10. The molecule has 0 spiro atoms. The largest absolute Gasteiger partial charge is 0.460 e. The minimum absolute atomic E-state index is 0.0580. The third kappa shape index (κ3) is 26.8. The zero-order valence-corrected chi connectivity index (χ0v) is 43.4. The van der Waals surface area contributed by atoms with Crippen LogP contribution in [-0.2, 0) is 58.1 Å². The number of ether oxygens (including phenoxy) is 3. The number of methoxy groups -OCH3 is 1. The molecule has 1 heterocycles. The number of cyclic esters (lactones) is 2. The van der Waals surface area contributed by atoms with Gasteiger partial charge >= 0.3 is 34.3 Å². The molecule has 6 atom stereocenters. The second-order valence-corrected chi connectivity index (χ2v) is 19.1. The molecule has 11 N–H and O–H groups in total. The van der Waals surface area contributed by atoms with Crippen molar-refractivity contribution < 1.29 is 70.3 Å². The summed E-state index contributed by atoms with van der Waals surface area (Å²) in [5, 5.41) is 16.2. The van der Waals surface area contributed by atoms with Crippen molar-refractivity contribution in [3.63, 3.8) is 0 Å². The van der Waals surface area contributed by atoms with E-state index < -0.39 is 119 Å². The molecule has 0 fully saturated rings. The minimum atomic E-state index is -4.88. The Labute approximate surface area is 422 Å². The number of nitrogens with two attached hydrogens (primary N) is 1. The average molecular weight is 1040 g/mol. The molecule has 2 unspecified atom stereocenters. The fraction of sp³-hybridized carbons (Fsp3) is 0.638. The van der Waals surface area contributed by atoms with Crippen LogP contribution in [0.1, 0.15) is 113 Å². The van der Waals surface area contributed by atoms with E-state index in [2.05, 4.69) is 51.1 Å². The van der Waals surface area contributed by atoms with E-state index in [1.807, 2.05) is 19.1 Å². The van der Waals surface area contributed by atoms with Crippen LogP contribution in [0, 0.1) is 17.3 Å². The van der Waals surface area contributed by atoms with Gasteiger partial charge in [0.1, 0.15) is 36.5 Å². The highest BCUT2D eigenvalue weighted by Gasteiger charge is 2.43. The highest BCUT2D eigenvalue weighted by molar-refractivity contribution is 7.84. The molecule has 0 aliphatic carbocycles. The van der Waals surface area contributed by atoms with Crippen LogP contribution in [0.25, 0.3) is 0 Å². The number of carbonyl (C=O) groups is 9. The molecule has 0 aromatic carbocycles. The van der Waals surface area contributed by atoms with E-state index in [0.29, 0.717) is 12.3 Å². The molecule has 1 aliphatic rings. The Morgan fingerprint density at radius 1 is 0.931 bits per heavy atom. The predicted molar refractivity (Wildman–Crippen MR) is 265 cm³/mol. The van der Waals surface area contributed by atoms with Crippen molar-refractivity contribution in [3.05, 3.63) is 48.2 Å². The van der Waals surface area contributed by atoms with Crippen molar-refractivity contribution in [1.82, 2.24) is 41.9 Å². The zero-order chi connectivity index (χ0) is 54.4. The maximum atomic E-state index is 14.2. The molecule has 406 valence electrons. The van der Waals surface area contributed by atoms with E-state index in [1.165, 1.54) is 44.3 Å². The number of esters is 2. The second kappa shape index (κ2) is 33.3. The third-order valence-corrected chi connectivity index (χ3v) is 11.6. The number of allylic oxidation sites excluding steroid dienone is 4. The highest BCUT2D eigenvalue weighted by atomic mass is 32.2. The summed E-state index contributed by atoms with van der Waals surface area (Å²) >= 11 is 0. The van der Waals surface area contributed by atoms with Gasteiger partial charge in [0.2, 0.25) is 23.6 Å². The van der Waals surface area contributed by atoms with E-state index in [-0.39, 0.29) is 43.8 Å². The first kappa shape index (κ1) is 63.7. The molecular formula is C47H77N9O15S. The Morgan fingerprint density at radius 2 is 1.61 bits per heavy atom. The van der Waals surface area contributed by atoms with Crippen LogP contribution < -0.4 is 47.7 Å². The standard InChI is InChI=1S/C47H77N9O15S/c1-9-19-33-43(62)55-34(22-18-25-49-46(65)56-72(66,67)68)41(60)50-28-39(58)54-35(27-52-45(48)64)42(61)51-29-40(59)71-37(26-32(69-8)21-17-15-13-11-12-14-16-20-30(3)4)47(6,7)44(63)70-36(31(5)10-2)23-24-38(57)53-33/h13,15,17,19,21,23-24,30-32,34-37H,9-12,14,16,18,20,22,25-29H2,1-8H3,(H,50,60)(H,51,61)(H,53,57)(H,54,58)(H,55,62)(H3,48,52,64)(H2,49,56,65)(H,66,67,68)/b15-13+,21-17+,24-23+,33-19+/t31?,32-,34?,35-,36-,37-/m0/s1. The number of carbonyl (C=O) groups excluding carboxylic acids is 9. The van der Waals surface area contributed by atoms with Gasteiger partial charge in [0.15, 0.2) is 0 Å². The first-order chi connectivity index (χ1) is 33.8. The average Bonchev–Trinajstić information content (AvgIpc) is 3.30. The lowest BCUT2D eigenvalue weighted by atomic mass is 9.83. The number of unbranched alkanes of at least 4 members (excludes halogenated alkanes) is 3. The molecule has 0 saturated heterocycles. The van der Waals surface area contributed by atoms with Gasteiger partial charge in [-0.3, -0.25) is 38.1 Å². The third-order valence-electron chi connectivity index (χ3n) is 11.1. The van der Waals surface area contributed by atoms with Crippen molar-refractivity contribution in [3.8, 4) is 0 Å². The molecule has 1 rings (SSSR count). The molecule has 0 radical (unpaired) electrons. The van der Waals surface area contributed by atoms with Gasteiger partial charge in [-0.05, 0) is 70.3 Å². The van der Waals surface area contributed by atoms with Gasteiger partial charge in [-0.2, -0.15) is 8.42 Å². The van der Waals surface area contributed by atoms with Crippen molar-refractivity contribution in [1.29, 1.82) is 0 Å². The molecule has 0 aromatic rings. The molecule has 25 heteroatoms. The number of hydrogen-bond acceptors (Lipinski definition) is 14. The molecule has 0 aromatic heterocycles. The summed E-state index contributed by atoms with van der Waals surface area (Å²) in [6, 6.07) is -5.41. The summed E-state index contributed by atoms with van der Waals surface area (Å²) in [7, 11) is -3.44. The molecular weight excluding hydrogens is 963 g/mol. The SMILES string of the molecule is CC/C=C1/NC(=O)/C=C/[C@@H](C(C)CC)OC(=O)C(C)(C)[C@H](C[C@H](/C=C/C=C/CCCCCC(C)C)OC)OC(=O)CNC(=O)[C@H](CNC(N)=O)NC(=O)CNC(=O)C(CCCNC(=O)NS(=O)(=O)O)NC1=O. The zero-order valence-electron chi connectivity index (χ0n) is 42.6. The van der Waals surface area contributed by atoms with Crippen LogP contribution in [0.5, 0.6) is 0 Å². The van der Waals surface area contributed by atoms with Crippen LogP contribution in [0.4, 0.5) is 9.59 Å². The normalized spacial score (nSPS) is 22.3. The topological polar surface area (TPSA) is 358 Å². The summed E-state index contributed by atoms with van der Waals surface area (Å²) < 4.78 is 49.7. The summed E-state index contributed by atoms with van der Waals surface area (Å²) in [5.74, 6) is -6.26. The van der Waals surface area contributed by atoms with Crippen LogP contribution in [-0.4, -0.2) is 130 Å². The van der Waals surface area contributed by atoms with Gasteiger partial charge < -0.3 is 57.2 Å². The maximum absolute atomic E-state index is 14.2. The quantitative estimate of drug-likeness (QED) is 0.0257. The van der Waals surface area contributed by atoms with Gasteiger partial charge in [-0.25, -0.2) is 14.3 Å². The fourth-order valence-electron chi connectivity index (χ4n) is 6.65. The van der Waals surface area contributed by atoms with Gasteiger partial charge in [-0.1, -0.05) is 84.3 Å². The summed E-state index contributed by atoms with van der Waals surface area (Å²) in [6.07, 6.45) is 13.9. The van der Waals surface area contributed by atoms with Gasteiger partial charge in [0, 0.05) is 32.7 Å². The Morgan fingerprint density at radius 3 is 2.24 bits per heavy atom. The lowest BCUT2D eigenvalue weighted by Crippen LogP contribution is -2.56. The van der Waals surface area contributed by atoms with Crippen molar-refractivity contribution in [2.75, 3.05) is 33.3 Å². The van der Waals surface area contributed by atoms with Crippen LogP contribution in [0.2, 0.25) is 0 Å². The van der Waals surface area contributed by atoms with Gasteiger partial charge in [-0.15, -0.1) is 0 Å². The van der Waals surface area contributed by atoms with E-state index in [9.17, 15) is 51.6 Å². The van der Waals surface area contributed by atoms with Crippen molar-refractivity contribution >= 4 is 63.8 Å². The minimum Gasteiger partial charge on any atom is -0.460 e. The molecule has 72 heavy (non-hydrogen) atoms. The van der Waals surface area contributed by atoms with Crippen LogP contribution in [0.15, 0.2) is 48.2 Å². The number of primary amides is 1. The van der Waals surface area contributed by atoms with E-state index >= 15 is 0 Å². The van der Waals surface area contributed by atoms with Crippen molar-refractivity contribution in [2.24, 2.45) is 23.0 Å². The lowest BCUT2D eigenvalue weighted by Gasteiger charge is -2.35. The maximum Gasteiger partial charge on any atom is 0.361 e. The lowest BCUT2D eigenvalue weighted by molar-refractivity contribution is -0.176. The van der Waals surface area contributed by atoms with E-state index in [0.717, 1.165) is 31.8 Å². The molecule has 0 bridgehead atoms. The van der Waals surface area contributed by atoms with Crippen molar-refractivity contribution in [2.45, 2.75) is 143 Å². The summed E-state index contributed by atoms with van der Waals surface area (Å²) in [4.78, 5) is 118. The molecule has 24 nitrogen and oxygen atoms in total. The van der Waals surface area contributed by atoms with Gasteiger partial charge in [0.25, 0.3) is 5.91 Å². The fourth-order valence-corrected chi connectivity index (χ4v) is 6.96. The Hall–Kier alpha value is -6.34. The van der Waals surface area contributed by atoms with Gasteiger partial charge in [0.05, 0.1) is 18.1 Å². The Bertz CT molecular complexity index is 2070. The Kier molecular flexibility index (Phi) is 29.5. The predicted octanol–water partition coefficient (Wildman–Crippen LogP) is 1.74. The van der Waals surface area contributed by atoms with Crippen LogP contribution in [0.3, 0.4) is 0 Å². The molecule has 1 aliphatic heterocycles. The first-order valence-corrected chi connectivity index (χ1v) is 25.4. The highest BCUT2D eigenvalue weighted by Crippen LogP contribution is 2.31. The molecule has 0 saturated carbocycles. The summed E-state index contributed by atoms with van der Waals surface area (Å²) in [5.41, 5.74) is 3.33. The Balaban J connectivity index is 3.69. The monoisotopic (exact) mass is 1040 g/mol. The first-order valence-electron chi connectivity index (χ1n) is 24.0. The van der Waals surface area contributed by atoms with E-state index in [1.54, 1.807) is 26.0 Å². The smallest absolute Gasteiger partial charge is 0.361 e. The van der Waals surface area contributed by atoms with E-state index in [4.69, 9.17) is 24.5 Å². The number of nitrogens with one attached hydrogen (secondary N) is 8. The number of rotatable bonds is 21.